The first-order chi connectivity index (χ1) is 9.29. The molecule has 0 aliphatic rings. The average molecular weight is 320 g/mol. The molecule has 0 aliphatic carbocycles. The van der Waals surface area contributed by atoms with Crippen LogP contribution in [0.4, 0.5) is 0 Å². The molecule has 0 saturated heterocycles. The fourth-order valence-corrected chi connectivity index (χ4v) is 2.11. The van der Waals surface area contributed by atoms with Gasteiger partial charge >= 0.3 is 0 Å². The summed E-state index contributed by atoms with van der Waals surface area (Å²) in [6.07, 6.45) is 0.0299. The van der Waals surface area contributed by atoms with E-state index < -0.39 is 0 Å². The van der Waals surface area contributed by atoms with Crippen LogP contribution < -0.4 is 10.1 Å². The molecule has 0 spiro atoms. The van der Waals surface area contributed by atoms with Crippen molar-refractivity contribution >= 4 is 15.9 Å². The summed E-state index contributed by atoms with van der Waals surface area (Å²) < 4.78 is 7.13. The summed E-state index contributed by atoms with van der Waals surface area (Å²) in [6.45, 7) is 3.84. The van der Waals surface area contributed by atoms with Crippen LogP contribution in [-0.4, -0.2) is 13.1 Å². The fraction of sp³-hybridized carbons (Fsp3) is 0.250. The van der Waals surface area contributed by atoms with E-state index in [9.17, 15) is 0 Å². The Kier molecular flexibility index (Phi) is 5.43. The van der Waals surface area contributed by atoms with Crippen molar-refractivity contribution in [3.05, 3.63) is 64.6 Å². The highest BCUT2D eigenvalue weighted by molar-refractivity contribution is 9.10. The van der Waals surface area contributed by atoms with Gasteiger partial charge < -0.3 is 10.1 Å². The molecule has 0 heterocycles. The molecule has 0 aliphatic heterocycles. The quantitative estimate of drug-likeness (QED) is 0.862. The highest BCUT2D eigenvalue weighted by Gasteiger charge is 2.12. The summed E-state index contributed by atoms with van der Waals surface area (Å²) in [4.78, 5) is 0. The topological polar surface area (TPSA) is 21.3 Å². The predicted molar refractivity (Wildman–Crippen MR) is 82.5 cm³/mol. The molecule has 2 aromatic rings. The minimum absolute atomic E-state index is 0.0299. The Hall–Kier alpha value is -1.32. The van der Waals surface area contributed by atoms with Crippen LogP contribution in [0.25, 0.3) is 0 Å². The summed E-state index contributed by atoms with van der Waals surface area (Å²) in [5.74, 6) is 0.884. The number of halogens is 1. The van der Waals surface area contributed by atoms with E-state index in [1.165, 1.54) is 5.56 Å². The first kappa shape index (κ1) is 14.1. The van der Waals surface area contributed by atoms with E-state index in [-0.39, 0.29) is 6.10 Å². The van der Waals surface area contributed by atoms with Gasteiger partial charge in [-0.25, -0.2) is 0 Å². The number of hydrogen-bond donors (Lipinski definition) is 1. The fourth-order valence-electron chi connectivity index (χ4n) is 1.85. The van der Waals surface area contributed by atoms with Crippen LogP contribution in [0.1, 0.15) is 18.6 Å². The number of likely N-dealkylation sites (N-methyl/N-ethyl adjacent to an activating group) is 1. The molecule has 0 bridgehead atoms. The summed E-state index contributed by atoms with van der Waals surface area (Å²) in [5, 5.41) is 3.34. The van der Waals surface area contributed by atoms with E-state index >= 15 is 0 Å². The van der Waals surface area contributed by atoms with Gasteiger partial charge in [0, 0.05) is 11.0 Å². The molecule has 2 nitrogen and oxygen atoms in total. The molecule has 100 valence electrons. The monoisotopic (exact) mass is 319 g/mol. The molecule has 1 unspecified atom stereocenters. The van der Waals surface area contributed by atoms with Crippen molar-refractivity contribution in [1.82, 2.24) is 5.32 Å². The molecule has 0 amide bonds. The van der Waals surface area contributed by atoms with E-state index in [0.29, 0.717) is 0 Å². The summed E-state index contributed by atoms with van der Waals surface area (Å²) in [5.41, 5.74) is 1.19. The second kappa shape index (κ2) is 7.31. The van der Waals surface area contributed by atoms with E-state index in [0.717, 1.165) is 23.3 Å². The van der Waals surface area contributed by atoms with Crippen LogP contribution >= 0.6 is 15.9 Å². The molecule has 2 rings (SSSR count). The Morgan fingerprint density at radius 2 is 1.74 bits per heavy atom. The molecule has 0 radical (unpaired) electrons. The van der Waals surface area contributed by atoms with Crippen LogP contribution in [0.5, 0.6) is 5.75 Å². The maximum atomic E-state index is 6.07. The first-order valence-electron chi connectivity index (χ1n) is 6.47. The Labute approximate surface area is 122 Å². The summed E-state index contributed by atoms with van der Waals surface area (Å²) in [7, 11) is 0. The SMILES string of the molecule is CCNCC(Oc1ccc(Br)cc1)c1ccccc1. The molecule has 19 heavy (non-hydrogen) atoms. The normalized spacial score (nSPS) is 12.1. The first-order valence-corrected chi connectivity index (χ1v) is 7.26. The molecule has 0 aromatic heterocycles. The maximum Gasteiger partial charge on any atom is 0.136 e. The van der Waals surface area contributed by atoms with Gasteiger partial charge in [-0.3, -0.25) is 0 Å². The number of nitrogens with one attached hydrogen (secondary N) is 1. The Balaban J connectivity index is 2.11. The molecular formula is C16H18BrNO. The average Bonchev–Trinajstić information content (AvgIpc) is 2.46. The molecule has 1 atom stereocenters. The van der Waals surface area contributed by atoms with Gasteiger partial charge in [-0.2, -0.15) is 0 Å². The van der Waals surface area contributed by atoms with Crippen LogP contribution in [0, 0.1) is 0 Å². The van der Waals surface area contributed by atoms with Gasteiger partial charge in [-0.1, -0.05) is 53.2 Å². The lowest BCUT2D eigenvalue weighted by atomic mass is 10.1. The maximum absolute atomic E-state index is 6.07. The zero-order valence-electron chi connectivity index (χ0n) is 11.0. The van der Waals surface area contributed by atoms with Gasteiger partial charge in [0.05, 0.1) is 0 Å². The second-order valence-corrected chi connectivity index (χ2v) is 5.19. The van der Waals surface area contributed by atoms with Crippen molar-refractivity contribution in [3.63, 3.8) is 0 Å². The molecular weight excluding hydrogens is 302 g/mol. The van der Waals surface area contributed by atoms with Crippen LogP contribution in [0.15, 0.2) is 59.1 Å². The van der Waals surface area contributed by atoms with Crippen molar-refractivity contribution in [2.75, 3.05) is 13.1 Å². The zero-order chi connectivity index (χ0) is 13.5. The number of benzene rings is 2. The van der Waals surface area contributed by atoms with E-state index in [2.05, 4.69) is 40.3 Å². The lowest BCUT2D eigenvalue weighted by Crippen LogP contribution is -2.24. The number of rotatable bonds is 6. The molecule has 2 aromatic carbocycles. The van der Waals surface area contributed by atoms with Crippen LogP contribution in [-0.2, 0) is 0 Å². The Bertz CT molecular complexity index is 484. The van der Waals surface area contributed by atoms with E-state index in [1.807, 2.05) is 42.5 Å². The van der Waals surface area contributed by atoms with Gasteiger partial charge in [-0.05, 0) is 36.4 Å². The highest BCUT2D eigenvalue weighted by Crippen LogP contribution is 2.23. The van der Waals surface area contributed by atoms with Gasteiger partial charge in [0.15, 0.2) is 0 Å². The van der Waals surface area contributed by atoms with Crippen LogP contribution in [0.3, 0.4) is 0 Å². The second-order valence-electron chi connectivity index (χ2n) is 4.28. The highest BCUT2D eigenvalue weighted by atomic mass is 79.9. The Morgan fingerprint density at radius 1 is 1.05 bits per heavy atom. The molecule has 0 fully saturated rings. The zero-order valence-corrected chi connectivity index (χ0v) is 12.6. The standard InChI is InChI=1S/C16H18BrNO/c1-2-18-12-16(13-6-4-3-5-7-13)19-15-10-8-14(17)9-11-15/h3-11,16,18H,2,12H2,1H3. The largest absolute Gasteiger partial charge is 0.484 e. The van der Waals surface area contributed by atoms with Crippen LogP contribution in [0.2, 0.25) is 0 Å². The van der Waals surface area contributed by atoms with Gasteiger partial charge in [-0.15, -0.1) is 0 Å². The third-order valence-corrected chi connectivity index (χ3v) is 3.37. The minimum atomic E-state index is 0.0299. The molecule has 3 heteroatoms. The van der Waals surface area contributed by atoms with Gasteiger partial charge in [0.1, 0.15) is 11.9 Å². The minimum Gasteiger partial charge on any atom is -0.484 e. The Morgan fingerprint density at radius 3 is 2.37 bits per heavy atom. The number of ether oxygens (including phenoxy) is 1. The van der Waals surface area contributed by atoms with Crippen molar-refractivity contribution in [1.29, 1.82) is 0 Å². The lowest BCUT2D eigenvalue weighted by Gasteiger charge is -2.20. The van der Waals surface area contributed by atoms with E-state index in [1.54, 1.807) is 0 Å². The smallest absolute Gasteiger partial charge is 0.136 e. The van der Waals surface area contributed by atoms with E-state index in [4.69, 9.17) is 4.74 Å². The molecule has 1 N–H and O–H groups in total. The lowest BCUT2D eigenvalue weighted by molar-refractivity contribution is 0.202. The van der Waals surface area contributed by atoms with Crippen molar-refractivity contribution in [3.8, 4) is 5.75 Å². The summed E-state index contributed by atoms with van der Waals surface area (Å²) >= 11 is 3.43. The van der Waals surface area contributed by atoms with Gasteiger partial charge in [0.2, 0.25) is 0 Å². The van der Waals surface area contributed by atoms with Crippen molar-refractivity contribution < 1.29 is 4.74 Å². The molecule has 0 saturated carbocycles. The van der Waals surface area contributed by atoms with Crippen molar-refractivity contribution in [2.24, 2.45) is 0 Å². The summed E-state index contributed by atoms with van der Waals surface area (Å²) in [6, 6.07) is 18.2. The third-order valence-electron chi connectivity index (χ3n) is 2.84. The third kappa shape index (κ3) is 4.37. The van der Waals surface area contributed by atoms with Crippen molar-refractivity contribution in [2.45, 2.75) is 13.0 Å². The van der Waals surface area contributed by atoms with Gasteiger partial charge in [0.25, 0.3) is 0 Å². The number of hydrogen-bond acceptors (Lipinski definition) is 2. The predicted octanol–water partition coefficient (Wildman–Crippen LogP) is 4.18.